The lowest BCUT2D eigenvalue weighted by atomic mass is 9.97. The number of nitrogens with zero attached hydrogens (tertiary/aromatic N) is 8. The Morgan fingerprint density at radius 1 is 0.174 bits per heavy atom. The minimum Gasteiger partial charge on any atom is -0.309 e. The second-order valence-corrected chi connectivity index (χ2v) is 47.0. The second-order valence-electron chi connectivity index (χ2n) is 38.7. The molecule has 3 atom stereocenters. The molecular formula is C135H85N8O3P3. The van der Waals surface area contributed by atoms with Gasteiger partial charge in [0.25, 0.3) is 0 Å². The van der Waals surface area contributed by atoms with Gasteiger partial charge in [0.05, 0.1) is 55.2 Å². The number of aromatic nitrogens is 8. The van der Waals surface area contributed by atoms with E-state index in [4.69, 9.17) is 19.9 Å². The van der Waals surface area contributed by atoms with Crippen molar-refractivity contribution >= 4 is 271 Å². The first kappa shape index (κ1) is 87.2. The minimum absolute atomic E-state index is 0.728. The number of imidazole rings is 3. The molecule has 0 spiro atoms. The average molecular weight is 1960 g/mol. The van der Waals surface area contributed by atoms with E-state index in [0.717, 1.165) is 244 Å². The molecule has 11 nitrogen and oxygen atoms in total. The van der Waals surface area contributed by atoms with Crippen LogP contribution in [-0.2, 0) is 13.7 Å². The van der Waals surface area contributed by atoms with Gasteiger partial charge in [-0.25, -0.2) is 15.0 Å². The molecule has 0 aliphatic rings. The van der Waals surface area contributed by atoms with Crippen LogP contribution >= 0.6 is 21.4 Å². The van der Waals surface area contributed by atoms with Gasteiger partial charge in [0.1, 0.15) is 16.9 Å². The molecule has 0 bridgehead atoms. The highest BCUT2D eigenvalue weighted by Gasteiger charge is 2.36. The molecule has 0 saturated carbocycles. The highest BCUT2D eigenvalue weighted by Crippen LogP contribution is 2.51. The zero-order chi connectivity index (χ0) is 98.7. The van der Waals surface area contributed by atoms with E-state index in [2.05, 4.69) is 340 Å². The summed E-state index contributed by atoms with van der Waals surface area (Å²) >= 11 is 0. The molecule has 23 aromatic carbocycles. The van der Waals surface area contributed by atoms with E-state index in [1.54, 1.807) is 18.6 Å². The number of fused-ring (bicyclic) bond motifs is 35. The van der Waals surface area contributed by atoms with Crippen LogP contribution in [0.15, 0.2) is 516 Å². The lowest BCUT2D eigenvalue weighted by molar-refractivity contribution is 0.591. The quantitative estimate of drug-likeness (QED) is 0.0711. The fourth-order valence-corrected chi connectivity index (χ4v) is 31.5. The molecule has 149 heavy (non-hydrogen) atoms. The predicted molar refractivity (Wildman–Crippen MR) is 628 cm³/mol. The van der Waals surface area contributed by atoms with Crippen LogP contribution in [0.2, 0.25) is 0 Å². The largest absolute Gasteiger partial charge is 0.309 e. The van der Waals surface area contributed by atoms with E-state index >= 15 is 13.7 Å². The molecule has 0 fully saturated rings. The third-order valence-corrected chi connectivity index (χ3v) is 39.7. The van der Waals surface area contributed by atoms with Crippen molar-refractivity contribution in [3.05, 3.63) is 516 Å². The predicted octanol–water partition coefficient (Wildman–Crippen LogP) is 30.6. The lowest BCUT2D eigenvalue weighted by Crippen LogP contribution is -2.25. The number of para-hydroxylation sites is 7. The van der Waals surface area contributed by atoms with Gasteiger partial charge >= 0.3 is 0 Å². The van der Waals surface area contributed by atoms with E-state index in [-0.39, 0.29) is 0 Å². The molecule has 0 N–H and O–H groups in total. The van der Waals surface area contributed by atoms with Gasteiger partial charge in [-0.15, -0.1) is 0 Å². The maximum Gasteiger partial charge on any atom is 0.172 e. The molecule has 8 heterocycles. The standard InChI is InChI=1S/C48H30N3OP.C45H29N2OP.C42H26N3OP/c52-53(38-22-18-31-8-1-2-10-35(31)28-38,37-20-16-32(17-21-37)33-24-26-49-27-25-33)46-15-7-11-36-29-45-42(30-41(36)46)40-23-19-34-9-3-4-12-39(34)47(40)48-50-43-13-5-6-14-44(43)51(45)48;48-49(35-14-5-2-6-15-35,36-23-19-31(20-24-36)30-11-3-1-4-12-30)37-25-21-33-29-43-40(28-34(33)27-37)39-26-22-32-13-7-8-16-38(32)44(39)45-46-41-17-9-10-18-42(41)47(43)45;46-47(31-12-2-1-3-13-31,33-22-29-11-5-7-15-37(29)43-26-33)32-20-18-28-25-40-36(24-30(28)23-32)35-21-19-27-10-4-6-14-34(27)41(35)42-44-38-16-8-9-17-39(38)45(40)42/h1-30H;1-29H;1-26H. The van der Waals surface area contributed by atoms with Gasteiger partial charge in [0.15, 0.2) is 21.4 Å². The maximum absolute atomic E-state index is 16.4. The van der Waals surface area contributed by atoms with Crippen molar-refractivity contribution in [1.82, 2.24) is 38.1 Å². The van der Waals surface area contributed by atoms with E-state index in [9.17, 15) is 0 Å². The van der Waals surface area contributed by atoms with Crippen LogP contribution in [0, 0.1) is 0 Å². The smallest absolute Gasteiger partial charge is 0.172 e. The molecule has 8 aromatic heterocycles. The molecular weight excluding hydrogens is 1870 g/mol. The van der Waals surface area contributed by atoms with Gasteiger partial charge in [0.2, 0.25) is 0 Å². The molecule has 0 aliphatic carbocycles. The number of benzene rings is 23. The van der Waals surface area contributed by atoms with E-state index in [1.165, 1.54) is 26.9 Å². The van der Waals surface area contributed by atoms with Crippen LogP contribution in [0.25, 0.3) is 224 Å². The van der Waals surface area contributed by atoms with Gasteiger partial charge in [0, 0.05) is 104 Å². The highest BCUT2D eigenvalue weighted by molar-refractivity contribution is 7.86. The van der Waals surface area contributed by atoms with E-state index in [0.29, 0.717) is 0 Å². The van der Waals surface area contributed by atoms with Crippen LogP contribution in [0.4, 0.5) is 0 Å². The topological polar surface area (TPSA) is 129 Å². The van der Waals surface area contributed by atoms with Crippen LogP contribution in [-0.4, -0.2) is 38.1 Å². The van der Waals surface area contributed by atoms with Crippen LogP contribution in [0.3, 0.4) is 0 Å². The number of hydrogen-bond acceptors (Lipinski definition) is 8. The Bertz CT molecular complexity index is 11200. The Kier molecular flexibility index (Phi) is 20.3. The third-order valence-electron chi connectivity index (χ3n) is 30.5. The third kappa shape index (κ3) is 14.0. The van der Waals surface area contributed by atoms with E-state index < -0.39 is 21.4 Å². The maximum atomic E-state index is 16.4. The number of pyridine rings is 5. The summed E-state index contributed by atoms with van der Waals surface area (Å²) < 4.78 is 54.5. The van der Waals surface area contributed by atoms with Crippen molar-refractivity contribution in [3.63, 3.8) is 0 Å². The molecule has 698 valence electrons. The molecule has 14 heteroatoms. The first-order valence-corrected chi connectivity index (χ1v) is 55.3. The van der Waals surface area contributed by atoms with Crippen LogP contribution in [0.1, 0.15) is 0 Å². The average Bonchev–Trinajstić information content (AvgIpc) is 1.66. The summed E-state index contributed by atoms with van der Waals surface area (Å²) in [6.07, 6.45) is 5.40. The van der Waals surface area contributed by atoms with Gasteiger partial charge in [-0.05, 0) is 229 Å². The summed E-state index contributed by atoms with van der Waals surface area (Å²) in [7, 11) is -9.90. The molecule has 0 amide bonds. The van der Waals surface area contributed by atoms with Gasteiger partial charge in [-0.3, -0.25) is 23.2 Å². The number of rotatable bonds is 11. The van der Waals surface area contributed by atoms with Crippen molar-refractivity contribution in [3.8, 4) is 22.3 Å². The first-order chi connectivity index (χ1) is 73.5. The monoisotopic (exact) mass is 1960 g/mol. The van der Waals surface area contributed by atoms with Gasteiger partial charge in [-0.2, -0.15) is 0 Å². The first-order valence-electron chi connectivity index (χ1n) is 50.2. The van der Waals surface area contributed by atoms with Gasteiger partial charge < -0.3 is 13.7 Å². The summed E-state index contributed by atoms with van der Waals surface area (Å²) in [6, 6.07) is 172. The van der Waals surface area contributed by atoms with Crippen LogP contribution < -0.4 is 47.7 Å². The summed E-state index contributed by atoms with van der Waals surface area (Å²) in [5.41, 5.74) is 17.5. The molecule has 3 unspecified atom stereocenters. The Balaban J connectivity index is 0.000000105. The normalized spacial score (nSPS) is 13.2. The van der Waals surface area contributed by atoms with Crippen molar-refractivity contribution < 1.29 is 13.7 Å². The van der Waals surface area contributed by atoms with E-state index in [1.807, 2.05) is 176 Å². The zero-order valence-corrected chi connectivity index (χ0v) is 82.9. The minimum atomic E-state index is -3.42. The molecule has 0 saturated heterocycles. The van der Waals surface area contributed by atoms with Crippen molar-refractivity contribution in [2.75, 3.05) is 0 Å². The zero-order valence-electron chi connectivity index (χ0n) is 80.2. The summed E-state index contributed by atoms with van der Waals surface area (Å²) in [4.78, 5) is 24.5. The summed E-state index contributed by atoms with van der Waals surface area (Å²) in [5, 5.41) is 33.9. The summed E-state index contributed by atoms with van der Waals surface area (Å²) in [6.45, 7) is 0. The van der Waals surface area contributed by atoms with Crippen LogP contribution in [0.5, 0.6) is 0 Å². The molecule has 0 aliphatic heterocycles. The van der Waals surface area contributed by atoms with Crippen molar-refractivity contribution in [2.24, 2.45) is 0 Å². The molecule has 0 radical (unpaired) electrons. The van der Waals surface area contributed by atoms with Gasteiger partial charge in [-0.1, -0.05) is 382 Å². The van der Waals surface area contributed by atoms with Crippen molar-refractivity contribution in [1.29, 1.82) is 0 Å². The Morgan fingerprint density at radius 3 is 0.980 bits per heavy atom. The number of hydrogen-bond donors (Lipinski definition) is 0. The fraction of sp³-hybridized carbons (Fsp3) is 0. The lowest BCUT2D eigenvalue weighted by Gasteiger charge is -2.23. The second kappa shape index (κ2) is 34.6. The molecule has 31 aromatic rings. The van der Waals surface area contributed by atoms with Crippen molar-refractivity contribution in [2.45, 2.75) is 0 Å². The SMILES string of the molecule is O=P(c1ccc(-c2ccncc2)cc1)(c1ccc2ccccc2c1)c1cccc2cc3c(cc12)c1ccc2ccccc2c1c1nc2ccccc2n31.O=P(c1ccccc1)(c1ccc(-c2ccccc2)cc1)c1ccc2cc3c(cc2c1)c1ccc2ccccc2c1c1nc2ccccc2n31.O=P(c1ccccc1)(c1ccc2cc3c(cc2c1)c1ccc2ccccc2c1c1nc2ccccc2n31)c1cnc2ccccc2c1. The Labute approximate surface area is 854 Å². The summed E-state index contributed by atoms with van der Waals surface area (Å²) in [5.74, 6) is 0. The Hall–Kier alpha value is -18.5. The Morgan fingerprint density at radius 2 is 0.497 bits per heavy atom. The highest BCUT2D eigenvalue weighted by atomic mass is 31.2. The molecule has 31 rings (SSSR count). The fourth-order valence-electron chi connectivity index (χ4n) is 23.3.